The maximum Gasteiger partial charge on any atom is 0.314 e. The Morgan fingerprint density at radius 1 is 1.46 bits per heavy atom. The fourth-order valence-electron chi connectivity index (χ4n) is 2.72. The van der Waals surface area contributed by atoms with Gasteiger partial charge >= 0.3 is 6.01 Å². The van der Waals surface area contributed by atoms with Crippen LogP contribution in [0.2, 0.25) is 0 Å². The molecule has 0 bridgehead atoms. The van der Waals surface area contributed by atoms with E-state index in [0.717, 1.165) is 5.56 Å². The van der Waals surface area contributed by atoms with Crippen molar-refractivity contribution < 1.29 is 19.4 Å². The molecule has 1 aromatic carbocycles. The summed E-state index contributed by atoms with van der Waals surface area (Å²) < 4.78 is 11.9. The molecule has 0 spiro atoms. The van der Waals surface area contributed by atoms with Gasteiger partial charge in [0.25, 0.3) is 5.91 Å². The second kappa shape index (κ2) is 6.58. The predicted octanol–water partition coefficient (Wildman–Crippen LogP) is 0.322. The van der Waals surface area contributed by atoms with Gasteiger partial charge in [-0.3, -0.25) is 4.79 Å². The van der Waals surface area contributed by atoms with Gasteiger partial charge in [-0.2, -0.15) is 4.98 Å². The molecule has 0 saturated carbocycles. The lowest BCUT2D eigenvalue weighted by Crippen LogP contribution is -2.44. The molecule has 0 aliphatic carbocycles. The van der Waals surface area contributed by atoms with Crippen LogP contribution < -0.4 is 4.74 Å². The second-order valence-electron chi connectivity index (χ2n) is 5.71. The van der Waals surface area contributed by atoms with Gasteiger partial charge in [0, 0.05) is 25.2 Å². The number of ether oxygens (including phenoxy) is 2. The van der Waals surface area contributed by atoms with Crippen LogP contribution in [0.4, 0.5) is 0 Å². The molecule has 2 atom stereocenters. The van der Waals surface area contributed by atoms with Crippen LogP contribution in [0.3, 0.4) is 0 Å². The number of carbonyl (C=O) groups excluding carboxylic acids is 1. The molecule has 128 valence electrons. The molecule has 1 fully saturated rings. The Morgan fingerprint density at radius 3 is 2.88 bits per heavy atom. The van der Waals surface area contributed by atoms with Crippen LogP contribution in [0.1, 0.15) is 10.4 Å². The van der Waals surface area contributed by atoms with E-state index in [1.54, 1.807) is 32.3 Å². The Labute approximate surface area is 139 Å². The largest absolute Gasteiger partial charge is 0.467 e. The zero-order valence-electron chi connectivity index (χ0n) is 13.8. The fraction of sp³-hybridized carbons (Fsp3) is 0.438. The standard InChI is InChI=1S/C16H20N4O4/c1-19(12-8-24-9-13(12)21)15(22)11-6-4-5-10(7-11)14-17-16(23-3)20(2)18-14/h4-7,12-13,21H,8-9H2,1-3H3. The van der Waals surface area contributed by atoms with Gasteiger partial charge in [0.05, 0.1) is 32.5 Å². The van der Waals surface area contributed by atoms with Crippen molar-refractivity contribution in [1.29, 1.82) is 0 Å². The number of amides is 1. The maximum atomic E-state index is 12.7. The molecule has 24 heavy (non-hydrogen) atoms. The summed E-state index contributed by atoms with van der Waals surface area (Å²) in [5, 5.41) is 14.2. The van der Waals surface area contributed by atoms with E-state index >= 15 is 0 Å². The Bertz CT molecular complexity index is 745. The molecule has 8 heteroatoms. The highest BCUT2D eigenvalue weighted by atomic mass is 16.5. The fourth-order valence-corrected chi connectivity index (χ4v) is 2.72. The lowest BCUT2D eigenvalue weighted by atomic mass is 10.1. The Kier molecular flexibility index (Phi) is 4.50. The summed E-state index contributed by atoms with van der Waals surface area (Å²) in [6.45, 7) is 0.585. The van der Waals surface area contributed by atoms with Crippen molar-refractivity contribution in [3.05, 3.63) is 29.8 Å². The van der Waals surface area contributed by atoms with Crippen molar-refractivity contribution >= 4 is 5.91 Å². The first-order chi connectivity index (χ1) is 11.5. The van der Waals surface area contributed by atoms with Crippen LogP contribution in [0.5, 0.6) is 6.01 Å². The minimum Gasteiger partial charge on any atom is -0.467 e. The summed E-state index contributed by atoms with van der Waals surface area (Å²) in [5.41, 5.74) is 1.22. The number of benzene rings is 1. The zero-order chi connectivity index (χ0) is 17.3. The number of methoxy groups -OCH3 is 1. The summed E-state index contributed by atoms with van der Waals surface area (Å²) in [6, 6.07) is 7.12. The van der Waals surface area contributed by atoms with Crippen LogP contribution in [-0.4, -0.2) is 70.2 Å². The third kappa shape index (κ3) is 2.98. The Hall–Kier alpha value is -2.45. The Balaban J connectivity index is 1.85. The van der Waals surface area contributed by atoms with E-state index in [4.69, 9.17) is 9.47 Å². The lowest BCUT2D eigenvalue weighted by Gasteiger charge is -2.25. The van der Waals surface area contributed by atoms with E-state index in [1.165, 1.54) is 16.7 Å². The summed E-state index contributed by atoms with van der Waals surface area (Å²) in [4.78, 5) is 18.5. The second-order valence-corrected chi connectivity index (χ2v) is 5.71. The molecule has 1 aromatic heterocycles. The number of rotatable bonds is 4. The average Bonchev–Trinajstić information content (AvgIpc) is 3.19. The monoisotopic (exact) mass is 332 g/mol. The molecular weight excluding hydrogens is 312 g/mol. The highest BCUT2D eigenvalue weighted by molar-refractivity contribution is 5.95. The molecule has 1 aliphatic rings. The minimum absolute atomic E-state index is 0.186. The molecule has 1 aliphatic heterocycles. The number of likely N-dealkylation sites (N-methyl/N-ethyl adjacent to an activating group) is 1. The van der Waals surface area contributed by atoms with Crippen LogP contribution in [0.25, 0.3) is 11.4 Å². The maximum absolute atomic E-state index is 12.7. The van der Waals surface area contributed by atoms with Gasteiger partial charge in [-0.05, 0) is 12.1 Å². The third-order valence-corrected chi connectivity index (χ3v) is 4.11. The van der Waals surface area contributed by atoms with E-state index in [1.807, 2.05) is 6.07 Å². The molecule has 2 heterocycles. The molecular formula is C16H20N4O4. The van der Waals surface area contributed by atoms with Gasteiger partial charge in [-0.15, -0.1) is 5.10 Å². The van der Waals surface area contributed by atoms with E-state index in [9.17, 15) is 9.90 Å². The van der Waals surface area contributed by atoms with Crippen molar-refractivity contribution in [2.75, 3.05) is 27.4 Å². The lowest BCUT2D eigenvalue weighted by molar-refractivity contribution is 0.0581. The molecule has 1 saturated heterocycles. The number of aromatic nitrogens is 3. The average molecular weight is 332 g/mol. The van der Waals surface area contributed by atoms with E-state index in [0.29, 0.717) is 24.0 Å². The van der Waals surface area contributed by atoms with Crippen molar-refractivity contribution in [2.45, 2.75) is 12.1 Å². The molecule has 2 unspecified atom stereocenters. The number of hydrogen-bond donors (Lipinski definition) is 1. The first-order valence-electron chi connectivity index (χ1n) is 7.59. The van der Waals surface area contributed by atoms with Gasteiger partial charge < -0.3 is 19.5 Å². The van der Waals surface area contributed by atoms with Crippen LogP contribution in [-0.2, 0) is 11.8 Å². The van der Waals surface area contributed by atoms with Gasteiger partial charge in [0.2, 0.25) is 0 Å². The van der Waals surface area contributed by atoms with Gasteiger partial charge in [-0.1, -0.05) is 12.1 Å². The van der Waals surface area contributed by atoms with Crippen LogP contribution >= 0.6 is 0 Å². The van der Waals surface area contributed by atoms with Crippen LogP contribution in [0, 0.1) is 0 Å². The van der Waals surface area contributed by atoms with Crippen molar-refractivity contribution in [3.63, 3.8) is 0 Å². The first kappa shape index (κ1) is 16.4. The number of aliphatic hydroxyl groups is 1. The minimum atomic E-state index is -0.663. The molecule has 2 aromatic rings. The van der Waals surface area contributed by atoms with Gasteiger partial charge in [0.1, 0.15) is 0 Å². The summed E-state index contributed by atoms with van der Waals surface area (Å²) in [6.07, 6.45) is -0.663. The third-order valence-electron chi connectivity index (χ3n) is 4.11. The normalized spacial score (nSPS) is 20.2. The molecule has 8 nitrogen and oxygen atoms in total. The molecule has 0 radical (unpaired) electrons. The zero-order valence-corrected chi connectivity index (χ0v) is 13.8. The van der Waals surface area contributed by atoms with Gasteiger partial charge in [-0.25, -0.2) is 4.68 Å². The molecule has 1 N–H and O–H groups in total. The number of carbonyl (C=O) groups is 1. The van der Waals surface area contributed by atoms with E-state index < -0.39 is 6.10 Å². The number of hydrogen-bond acceptors (Lipinski definition) is 6. The number of aryl methyl sites for hydroxylation is 1. The molecule has 3 rings (SSSR count). The SMILES string of the molecule is COc1nc(-c2cccc(C(=O)N(C)C3COCC3O)c2)nn1C. The summed E-state index contributed by atoms with van der Waals surface area (Å²) in [5.74, 6) is 0.296. The quantitative estimate of drug-likeness (QED) is 0.867. The van der Waals surface area contributed by atoms with Gasteiger partial charge in [0.15, 0.2) is 5.82 Å². The van der Waals surface area contributed by atoms with Crippen LogP contribution in [0.15, 0.2) is 24.3 Å². The predicted molar refractivity (Wildman–Crippen MR) is 85.7 cm³/mol. The van der Waals surface area contributed by atoms with E-state index in [2.05, 4.69) is 10.1 Å². The first-order valence-corrected chi connectivity index (χ1v) is 7.59. The van der Waals surface area contributed by atoms with E-state index in [-0.39, 0.29) is 18.6 Å². The van der Waals surface area contributed by atoms with Crippen molar-refractivity contribution in [1.82, 2.24) is 19.7 Å². The summed E-state index contributed by atoms with van der Waals surface area (Å²) in [7, 11) is 4.93. The molecule has 1 amide bonds. The van der Waals surface area contributed by atoms with Crippen molar-refractivity contribution in [2.24, 2.45) is 7.05 Å². The Morgan fingerprint density at radius 2 is 2.25 bits per heavy atom. The highest BCUT2D eigenvalue weighted by Gasteiger charge is 2.32. The summed E-state index contributed by atoms with van der Waals surface area (Å²) >= 11 is 0. The topological polar surface area (TPSA) is 89.7 Å². The smallest absolute Gasteiger partial charge is 0.314 e. The van der Waals surface area contributed by atoms with Crippen molar-refractivity contribution in [3.8, 4) is 17.4 Å². The number of aliphatic hydroxyl groups excluding tert-OH is 1. The highest BCUT2D eigenvalue weighted by Crippen LogP contribution is 2.21. The number of nitrogens with zero attached hydrogens (tertiary/aromatic N) is 4.